The van der Waals surface area contributed by atoms with Crippen molar-refractivity contribution in [2.24, 2.45) is 11.3 Å². The number of rotatable bonds is 4. The average Bonchev–Trinajstić information content (AvgIpc) is 2.72. The van der Waals surface area contributed by atoms with E-state index in [4.69, 9.17) is 12.2 Å². The molecule has 0 spiro atoms. The highest BCUT2D eigenvalue weighted by molar-refractivity contribution is 7.80. The Morgan fingerprint density at radius 1 is 1.13 bits per heavy atom. The molecule has 4 rings (SSSR count). The van der Waals surface area contributed by atoms with E-state index >= 15 is 0 Å². The molecule has 0 saturated heterocycles. The maximum absolute atomic E-state index is 5.65. The lowest BCUT2D eigenvalue weighted by Gasteiger charge is -2.55. The predicted molar refractivity (Wildman–Crippen MR) is 137 cm³/mol. The van der Waals surface area contributed by atoms with Crippen molar-refractivity contribution in [1.29, 1.82) is 0 Å². The molecule has 0 aromatic heterocycles. The SMILES string of the molecule is Cc1cccc(NC(=S)NCC2(C)CCCC3(C)c4ccc(C(C)C)cc4CCC23)c1. The van der Waals surface area contributed by atoms with Gasteiger partial charge in [0.25, 0.3) is 0 Å². The lowest BCUT2D eigenvalue weighted by molar-refractivity contribution is 0.0294. The molecule has 166 valence electrons. The van der Waals surface area contributed by atoms with Gasteiger partial charge in [0, 0.05) is 12.2 Å². The fraction of sp³-hybridized carbons (Fsp3) is 0.536. The van der Waals surface area contributed by atoms with Gasteiger partial charge < -0.3 is 10.6 Å². The summed E-state index contributed by atoms with van der Waals surface area (Å²) in [4.78, 5) is 0. The van der Waals surface area contributed by atoms with Crippen LogP contribution in [0.25, 0.3) is 0 Å². The summed E-state index contributed by atoms with van der Waals surface area (Å²) in [5, 5.41) is 7.69. The maximum atomic E-state index is 5.65. The minimum Gasteiger partial charge on any atom is -0.362 e. The molecule has 2 N–H and O–H groups in total. The van der Waals surface area contributed by atoms with Gasteiger partial charge in [-0.1, -0.05) is 64.4 Å². The molecule has 2 aliphatic rings. The van der Waals surface area contributed by atoms with Gasteiger partial charge in [0.05, 0.1) is 0 Å². The summed E-state index contributed by atoms with van der Waals surface area (Å²) in [6, 6.07) is 15.7. The van der Waals surface area contributed by atoms with Crippen molar-refractivity contribution >= 4 is 23.0 Å². The van der Waals surface area contributed by atoms with Gasteiger partial charge in [0.15, 0.2) is 5.11 Å². The van der Waals surface area contributed by atoms with E-state index < -0.39 is 0 Å². The van der Waals surface area contributed by atoms with Crippen LogP contribution >= 0.6 is 12.2 Å². The van der Waals surface area contributed by atoms with Gasteiger partial charge in [-0.3, -0.25) is 0 Å². The van der Waals surface area contributed by atoms with Crippen molar-refractivity contribution in [3.8, 4) is 0 Å². The van der Waals surface area contributed by atoms with Crippen LogP contribution in [-0.4, -0.2) is 11.7 Å². The highest BCUT2D eigenvalue weighted by Crippen LogP contribution is 2.57. The van der Waals surface area contributed by atoms with Crippen molar-refractivity contribution in [3.63, 3.8) is 0 Å². The molecular weight excluding hydrogens is 396 g/mol. The number of hydrogen-bond donors (Lipinski definition) is 2. The van der Waals surface area contributed by atoms with Crippen LogP contribution in [0.2, 0.25) is 0 Å². The lowest BCUT2D eigenvalue weighted by atomic mass is 9.49. The topological polar surface area (TPSA) is 24.1 Å². The highest BCUT2D eigenvalue weighted by Gasteiger charge is 2.51. The van der Waals surface area contributed by atoms with E-state index in [0.29, 0.717) is 11.8 Å². The first kappa shape index (κ1) is 22.3. The monoisotopic (exact) mass is 434 g/mol. The van der Waals surface area contributed by atoms with E-state index in [1.165, 1.54) is 43.2 Å². The molecule has 1 fully saturated rings. The van der Waals surface area contributed by atoms with Crippen molar-refractivity contribution in [3.05, 3.63) is 64.7 Å². The van der Waals surface area contributed by atoms with Crippen molar-refractivity contribution in [2.75, 3.05) is 11.9 Å². The van der Waals surface area contributed by atoms with Gasteiger partial charge in [-0.2, -0.15) is 0 Å². The van der Waals surface area contributed by atoms with Gasteiger partial charge >= 0.3 is 0 Å². The van der Waals surface area contributed by atoms with Gasteiger partial charge in [0.2, 0.25) is 0 Å². The Labute approximate surface area is 194 Å². The van der Waals surface area contributed by atoms with Gasteiger partial charge in [-0.05, 0) is 102 Å². The van der Waals surface area contributed by atoms with Crippen LogP contribution in [-0.2, 0) is 11.8 Å². The van der Waals surface area contributed by atoms with E-state index in [0.717, 1.165) is 17.3 Å². The second kappa shape index (κ2) is 8.58. The van der Waals surface area contributed by atoms with Crippen LogP contribution in [0.1, 0.15) is 81.5 Å². The molecule has 2 aliphatic carbocycles. The number of hydrogen-bond acceptors (Lipinski definition) is 1. The second-order valence-electron chi connectivity index (χ2n) is 10.8. The molecule has 2 aromatic rings. The Morgan fingerprint density at radius 3 is 2.68 bits per heavy atom. The maximum Gasteiger partial charge on any atom is 0.170 e. The zero-order valence-corrected chi connectivity index (χ0v) is 20.7. The normalized spacial score (nSPS) is 27.4. The first-order valence-electron chi connectivity index (χ1n) is 12.0. The summed E-state index contributed by atoms with van der Waals surface area (Å²) in [6.07, 6.45) is 6.34. The number of fused-ring (bicyclic) bond motifs is 3. The molecule has 1 saturated carbocycles. The molecule has 0 aliphatic heterocycles. The standard InChI is InChI=1S/C28H38N2S/c1-19(2)21-10-12-24-22(17-21)11-13-25-27(4,14-7-15-28(24,25)5)18-29-26(31)30-23-9-6-8-20(3)16-23/h6,8-10,12,16-17,19,25H,7,11,13-15,18H2,1-5H3,(H2,29,30,31). The summed E-state index contributed by atoms with van der Waals surface area (Å²) in [5.74, 6) is 1.28. The van der Waals surface area contributed by atoms with Crippen LogP contribution in [0, 0.1) is 18.3 Å². The molecule has 31 heavy (non-hydrogen) atoms. The van der Waals surface area contributed by atoms with Crippen molar-refractivity contribution in [1.82, 2.24) is 5.32 Å². The van der Waals surface area contributed by atoms with Crippen LogP contribution in [0.4, 0.5) is 5.69 Å². The molecule has 0 amide bonds. The smallest absolute Gasteiger partial charge is 0.170 e. The Hall–Kier alpha value is -1.87. The minimum atomic E-state index is 0.250. The second-order valence-corrected chi connectivity index (χ2v) is 11.2. The van der Waals surface area contributed by atoms with Crippen LogP contribution in [0.15, 0.2) is 42.5 Å². The predicted octanol–water partition coefficient (Wildman–Crippen LogP) is 7.12. The summed E-state index contributed by atoms with van der Waals surface area (Å²) in [7, 11) is 0. The minimum absolute atomic E-state index is 0.250. The third-order valence-corrected chi connectivity index (χ3v) is 8.34. The van der Waals surface area contributed by atoms with Crippen molar-refractivity contribution in [2.45, 2.75) is 78.1 Å². The zero-order valence-electron chi connectivity index (χ0n) is 19.8. The Kier molecular flexibility index (Phi) is 6.18. The van der Waals surface area contributed by atoms with E-state index in [1.807, 2.05) is 0 Å². The highest BCUT2D eigenvalue weighted by atomic mass is 32.1. The molecule has 3 unspecified atom stereocenters. The molecule has 0 bridgehead atoms. The third-order valence-electron chi connectivity index (χ3n) is 8.10. The first-order valence-corrected chi connectivity index (χ1v) is 12.4. The lowest BCUT2D eigenvalue weighted by Crippen LogP contribution is -2.53. The van der Waals surface area contributed by atoms with Crippen LogP contribution in [0.3, 0.4) is 0 Å². The third kappa shape index (κ3) is 4.39. The number of benzene rings is 2. The summed E-state index contributed by atoms with van der Waals surface area (Å²) in [5.41, 5.74) is 7.50. The van der Waals surface area contributed by atoms with Crippen molar-refractivity contribution < 1.29 is 0 Å². The summed E-state index contributed by atoms with van der Waals surface area (Å²) in [6.45, 7) is 12.7. The zero-order chi connectivity index (χ0) is 22.2. The van der Waals surface area contributed by atoms with E-state index in [9.17, 15) is 0 Å². The largest absolute Gasteiger partial charge is 0.362 e. The number of nitrogens with one attached hydrogen (secondary N) is 2. The van der Waals surface area contributed by atoms with E-state index in [1.54, 1.807) is 11.1 Å². The number of thiocarbonyl (C=S) groups is 1. The number of aryl methyl sites for hydroxylation is 2. The molecule has 3 heteroatoms. The average molecular weight is 435 g/mol. The van der Waals surface area contributed by atoms with Gasteiger partial charge in [0.1, 0.15) is 0 Å². The van der Waals surface area contributed by atoms with Crippen LogP contribution in [0.5, 0.6) is 0 Å². The molecule has 2 nitrogen and oxygen atoms in total. The molecule has 2 aromatic carbocycles. The molecular formula is C28H38N2S. The van der Waals surface area contributed by atoms with Crippen LogP contribution < -0.4 is 10.6 Å². The molecule has 3 atom stereocenters. The Balaban J connectivity index is 1.50. The summed E-state index contributed by atoms with van der Waals surface area (Å²) >= 11 is 5.65. The quantitative estimate of drug-likeness (QED) is 0.501. The molecule has 0 radical (unpaired) electrons. The summed E-state index contributed by atoms with van der Waals surface area (Å²) < 4.78 is 0. The van der Waals surface area contributed by atoms with E-state index in [-0.39, 0.29) is 10.8 Å². The first-order chi connectivity index (χ1) is 14.7. The number of anilines is 1. The Bertz CT molecular complexity index is 965. The molecule has 0 heterocycles. The Morgan fingerprint density at radius 2 is 1.94 bits per heavy atom. The van der Waals surface area contributed by atoms with Gasteiger partial charge in [-0.15, -0.1) is 0 Å². The fourth-order valence-electron chi connectivity index (χ4n) is 6.39. The fourth-order valence-corrected chi connectivity index (χ4v) is 6.58. The van der Waals surface area contributed by atoms with E-state index in [2.05, 4.69) is 87.7 Å². The van der Waals surface area contributed by atoms with Gasteiger partial charge in [-0.25, -0.2) is 0 Å².